The van der Waals surface area contributed by atoms with E-state index in [9.17, 15) is 24.3 Å². The number of nitrogens with zero attached hydrogens (tertiary/aromatic N) is 4. The molecule has 0 bridgehead atoms. The molecule has 15 nitrogen and oxygen atoms in total. The lowest BCUT2D eigenvalue weighted by Crippen LogP contribution is -2.52. The van der Waals surface area contributed by atoms with Crippen LogP contribution in [0.4, 0.5) is 9.59 Å². The van der Waals surface area contributed by atoms with Crippen molar-refractivity contribution in [3.05, 3.63) is 70.6 Å². The minimum atomic E-state index is -1.19. The molecule has 2 aliphatic carbocycles. The average Bonchev–Trinajstić information content (AvgIpc) is 4.10. The van der Waals surface area contributed by atoms with Crippen molar-refractivity contribution >= 4 is 24.0 Å². The van der Waals surface area contributed by atoms with Gasteiger partial charge in [0.05, 0.1) is 43.0 Å². The van der Waals surface area contributed by atoms with Crippen molar-refractivity contribution in [1.82, 2.24) is 40.4 Å². The van der Waals surface area contributed by atoms with E-state index in [2.05, 4.69) is 44.9 Å². The molecule has 2 aromatic carbocycles. The van der Waals surface area contributed by atoms with Crippen LogP contribution in [0.5, 0.6) is 0 Å². The Morgan fingerprint density at radius 2 is 1.23 bits per heavy atom. The van der Waals surface area contributed by atoms with Gasteiger partial charge in [-0.2, -0.15) is 0 Å². The maximum absolute atomic E-state index is 13.9. The van der Waals surface area contributed by atoms with Crippen molar-refractivity contribution in [2.45, 2.75) is 102 Å². The Morgan fingerprint density at radius 3 is 1.68 bits per heavy atom. The van der Waals surface area contributed by atoms with Gasteiger partial charge in [0.2, 0.25) is 11.8 Å². The van der Waals surface area contributed by atoms with Crippen molar-refractivity contribution in [3.8, 4) is 33.6 Å². The normalized spacial score (nSPS) is 20.8. The topological polar surface area (TPSA) is 195 Å². The van der Waals surface area contributed by atoms with E-state index >= 15 is 0 Å². The summed E-state index contributed by atoms with van der Waals surface area (Å²) in [4.78, 5) is 71.9. The van der Waals surface area contributed by atoms with Crippen LogP contribution in [0.25, 0.3) is 33.6 Å². The minimum Gasteiger partial charge on any atom is -0.465 e. The Labute approximate surface area is 349 Å². The summed E-state index contributed by atoms with van der Waals surface area (Å²) >= 11 is 0. The van der Waals surface area contributed by atoms with E-state index in [0.29, 0.717) is 39.1 Å². The van der Waals surface area contributed by atoms with Crippen molar-refractivity contribution in [2.24, 2.45) is 11.8 Å². The van der Waals surface area contributed by atoms with Gasteiger partial charge >= 0.3 is 12.2 Å². The number of carbonyl (C=O) groups is 4. The van der Waals surface area contributed by atoms with Crippen LogP contribution in [0.2, 0.25) is 0 Å². The number of methoxy groups -OCH3 is 1. The number of amides is 4. The molecule has 3 aliphatic heterocycles. The molecule has 5 N–H and O–H groups in total. The molecule has 60 heavy (non-hydrogen) atoms. The van der Waals surface area contributed by atoms with Gasteiger partial charge in [0, 0.05) is 37.4 Å². The summed E-state index contributed by atoms with van der Waals surface area (Å²) in [5.41, 5.74) is 12.0. The van der Waals surface area contributed by atoms with Gasteiger partial charge in [0.1, 0.15) is 23.7 Å². The molecule has 4 atom stereocenters. The molecule has 0 unspecified atom stereocenters. The van der Waals surface area contributed by atoms with Crippen LogP contribution in [0, 0.1) is 11.8 Å². The first kappa shape index (κ1) is 39.7. The van der Waals surface area contributed by atoms with E-state index in [0.717, 1.165) is 85.5 Å². The molecule has 4 aromatic rings. The molecule has 5 heterocycles. The summed E-state index contributed by atoms with van der Waals surface area (Å²) in [6, 6.07) is 7.23. The van der Waals surface area contributed by atoms with Gasteiger partial charge in [0.25, 0.3) is 0 Å². The largest absolute Gasteiger partial charge is 0.465 e. The Hall–Kier alpha value is -5.70. The second-order valence-electron chi connectivity index (χ2n) is 17.3. The fraction of sp³-hybridized carbons (Fsp3) is 0.511. The number of carbonyl (C=O) groups excluding carboxylic acids is 3. The highest BCUT2D eigenvalue weighted by Crippen LogP contribution is 2.46. The molecule has 5 aliphatic rings. The number of hydrogen-bond donors (Lipinski definition) is 5. The summed E-state index contributed by atoms with van der Waals surface area (Å²) in [6.07, 6.45) is 10.1. The third-order valence-corrected chi connectivity index (χ3v) is 13.4. The smallest absolute Gasteiger partial charge is 0.407 e. The molecular weight excluding hydrogens is 765 g/mol. The van der Waals surface area contributed by atoms with Crippen LogP contribution < -0.4 is 10.6 Å². The highest BCUT2D eigenvalue weighted by atomic mass is 16.5. The first-order valence-electron chi connectivity index (χ1n) is 21.5. The van der Waals surface area contributed by atoms with E-state index in [4.69, 9.17) is 19.4 Å². The number of aromatic nitrogens is 4. The number of imidazole rings is 2. The van der Waals surface area contributed by atoms with E-state index in [-0.39, 0.29) is 35.7 Å². The number of aromatic amines is 2. The number of alkyl carbamates (subject to hydrolysis) is 1. The third-order valence-electron chi connectivity index (χ3n) is 13.4. The first-order valence-corrected chi connectivity index (χ1v) is 21.5. The molecule has 9 rings (SSSR count). The standard InChI is InChI=1S/C45H54N8O7/c1-24(2)38(51-45(58)59-3)42(54)52-14-4-6-34(52)40-46-22-32(48-40)30-18-26-8-10-28-20-31(21-29-11-9-27(19-30)36(26)37(28)29)33-23-47-41(49-33)35-7-5-15-53(35)43(55)39(50-44(56)57)25-12-16-60-17-13-25/h18-25,34-35,38-39,50H,4-17H2,1-3H3,(H,46,48)(H,47,49)(H,51,58)(H,56,57)/t34-,35-,38-,39-/m0/s1. The Kier molecular flexibility index (Phi) is 10.9. The number of H-pyrrole nitrogens is 2. The highest BCUT2D eigenvalue weighted by molar-refractivity contribution is 5.88. The van der Waals surface area contributed by atoms with Crippen molar-refractivity contribution < 1.29 is 33.8 Å². The maximum Gasteiger partial charge on any atom is 0.407 e. The summed E-state index contributed by atoms with van der Waals surface area (Å²) in [6.45, 7) is 6.04. The zero-order valence-corrected chi connectivity index (χ0v) is 34.5. The number of carboxylic acid groups (broad SMARTS) is 1. The number of hydrogen-bond acceptors (Lipinski definition) is 8. The summed E-state index contributed by atoms with van der Waals surface area (Å²) < 4.78 is 10.3. The van der Waals surface area contributed by atoms with E-state index < -0.39 is 24.3 Å². The molecule has 4 amide bonds. The van der Waals surface area contributed by atoms with Crippen LogP contribution in [0.15, 0.2) is 36.7 Å². The molecule has 3 saturated heterocycles. The fourth-order valence-corrected chi connectivity index (χ4v) is 10.4. The van der Waals surface area contributed by atoms with Gasteiger partial charge in [-0.05, 0) is 134 Å². The lowest BCUT2D eigenvalue weighted by Gasteiger charge is -2.33. The molecule has 0 radical (unpaired) electrons. The van der Waals surface area contributed by atoms with Crippen LogP contribution in [-0.2, 0) is 44.7 Å². The van der Waals surface area contributed by atoms with E-state index in [1.54, 1.807) is 0 Å². The van der Waals surface area contributed by atoms with Gasteiger partial charge in [-0.15, -0.1) is 0 Å². The number of benzene rings is 2. The molecule has 15 heteroatoms. The second kappa shape index (κ2) is 16.4. The summed E-state index contributed by atoms with van der Waals surface area (Å²) in [5, 5.41) is 14.9. The molecule has 0 saturated carbocycles. The van der Waals surface area contributed by atoms with Gasteiger partial charge in [-0.25, -0.2) is 19.6 Å². The first-order chi connectivity index (χ1) is 29.1. The van der Waals surface area contributed by atoms with Crippen molar-refractivity contribution in [3.63, 3.8) is 0 Å². The monoisotopic (exact) mass is 818 g/mol. The van der Waals surface area contributed by atoms with E-state index in [1.807, 2.05) is 36.0 Å². The van der Waals surface area contributed by atoms with E-state index in [1.165, 1.54) is 40.5 Å². The van der Waals surface area contributed by atoms with Gasteiger partial charge in [0.15, 0.2) is 0 Å². The Balaban J connectivity index is 0.935. The number of rotatable bonds is 10. The lowest BCUT2D eigenvalue weighted by atomic mass is 9.74. The Bertz CT molecular complexity index is 2260. The molecular formula is C45H54N8O7. The van der Waals surface area contributed by atoms with Gasteiger partial charge in [-0.1, -0.05) is 13.8 Å². The van der Waals surface area contributed by atoms with Crippen LogP contribution in [0.3, 0.4) is 0 Å². The Morgan fingerprint density at radius 1 is 0.750 bits per heavy atom. The zero-order valence-electron chi connectivity index (χ0n) is 34.5. The molecule has 316 valence electrons. The third kappa shape index (κ3) is 7.41. The van der Waals surface area contributed by atoms with Crippen LogP contribution in [0.1, 0.15) is 98.4 Å². The highest BCUT2D eigenvalue weighted by Gasteiger charge is 2.41. The lowest BCUT2D eigenvalue weighted by molar-refractivity contribution is -0.137. The second-order valence-corrected chi connectivity index (χ2v) is 17.3. The number of nitrogens with one attached hydrogen (secondary N) is 4. The quantitative estimate of drug-likeness (QED) is 0.126. The number of aryl methyl sites for hydroxylation is 4. The number of ether oxygens (including phenoxy) is 2. The summed E-state index contributed by atoms with van der Waals surface area (Å²) in [7, 11) is 1.30. The summed E-state index contributed by atoms with van der Waals surface area (Å²) in [5.74, 6) is 0.964. The molecule has 2 aromatic heterocycles. The van der Waals surface area contributed by atoms with Crippen molar-refractivity contribution in [1.29, 1.82) is 0 Å². The zero-order chi connectivity index (χ0) is 41.7. The maximum atomic E-state index is 13.9. The number of likely N-dealkylation sites (tertiary alicyclic amines) is 2. The van der Waals surface area contributed by atoms with Crippen LogP contribution >= 0.6 is 0 Å². The molecule has 3 fully saturated rings. The fourth-order valence-electron chi connectivity index (χ4n) is 10.4. The predicted molar refractivity (Wildman–Crippen MR) is 222 cm³/mol. The van der Waals surface area contributed by atoms with Crippen molar-refractivity contribution in [2.75, 3.05) is 33.4 Å². The predicted octanol–water partition coefficient (Wildman–Crippen LogP) is 6.10. The average molecular weight is 819 g/mol. The minimum absolute atomic E-state index is 0.103. The van der Waals surface area contributed by atoms with Crippen LogP contribution in [-0.4, -0.2) is 104 Å². The van der Waals surface area contributed by atoms with Gasteiger partial charge < -0.3 is 45.0 Å². The SMILES string of the molecule is COC(=O)N[C@H](C(=O)N1CCC[C@H]1c1ncc(-c2cc3c4c(c2)CCc2cc(-c5cnc([C@@H]6CCCN6C(=O)[C@@H](NC(=O)O)C6CCOCC6)[nH]5)cc(c2-4)CC3)[nH]1)C(C)C. The molecule has 0 spiro atoms. The van der Waals surface area contributed by atoms with Gasteiger partial charge in [-0.3, -0.25) is 9.59 Å².